The molecule has 0 aliphatic rings. The molecular formula is C48H70N4O16S8. The second-order valence-electron chi connectivity index (χ2n) is 18.3. The Hall–Kier alpha value is -3.68. The average Bonchev–Trinajstić information content (AvgIpc) is 3.34. The summed E-state index contributed by atoms with van der Waals surface area (Å²) in [5.74, 6) is -3.40. The van der Waals surface area contributed by atoms with Gasteiger partial charge in [-0.3, -0.25) is 0 Å². The molecule has 0 bridgehead atoms. The van der Waals surface area contributed by atoms with Crippen molar-refractivity contribution in [2.75, 3.05) is 47.0 Å². The largest absolute Gasteiger partial charge is 0.227 e. The molecule has 20 nitrogen and oxygen atoms in total. The summed E-state index contributed by atoms with van der Waals surface area (Å²) >= 11 is 0. The molecule has 0 N–H and O–H groups in total. The molecule has 4 aromatic carbocycles. The zero-order chi connectivity index (χ0) is 56.3. The lowest BCUT2D eigenvalue weighted by Crippen LogP contribution is -2.39. The number of unbranched alkanes of at least 4 members (excludes halogenated alkanes) is 9. The van der Waals surface area contributed by atoms with Crippen LogP contribution < -0.4 is 0 Å². The van der Waals surface area contributed by atoms with Crippen LogP contribution >= 0.6 is 0 Å². The minimum Gasteiger partial charge on any atom is -0.212 e. The van der Waals surface area contributed by atoms with Crippen molar-refractivity contribution in [1.82, 2.24) is 14.8 Å². The summed E-state index contributed by atoms with van der Waals surface area (Å²) in [7, 11) is -34.7. The van der Waals surface area contributed by atoms with Crippen LogP contribution in [0.4, 0.5) is 0 Å². The van der Waals surface area contributed by atoms with Crippen LogP contribution in [-0.4, -0.2) is 129 Å². The van der Waals surface area contributed by atoms with Crippen molar-refractivity contribution in [2.45, 2.75) is 103 Å². The molecule has 0 spiro atoms. The van der Waals surface area contributed by atoms with Crippen molar-refractivity contribution in [3.63, 3.8) is 0 Å². The standard InChI is InChI=1S/C48H70N4O16S8/c1-69(53,54)49(41-45-27-13-9-14-28-45)71(57,58)35-21-3-5-23-37-73(61,62)51(43-47-31-17-11-18-32-47)75(65,66)39-25-7-8-26-40-76(67,68)52(44-48-33-19-12-20-34-48)74(63,64)38-24-6-4-22-36-72(59,60)50(70(2,55)56)42-46-29-15-10-16-30-46/h9-20,27-34H,3-8,21-26,35-44H2,1-2H3. The van der Waals surface area contributed by atoms with Crippen LogP contribution in [0.25, 0.3) is 0 Å². The molecule has 0 radical (unpaired) electrons. The van der Waals surface area contributed by atoms with Gasteiger partial charge in [-0.15, -0.1) is 0 Å². The van der Waals surface area contributed by atoms with Crippen molar-refractivity contribution >= 4 is 80.2 Å². The number of rotatable bonds is 37. The van der Waals surface area contributed by atoms with Crippen LogP contribution in [0.15, 0.2) is 121 Å². The van der Waals surface area contributed by atoms with E-state index >= 15 is 0 Å². The minimum absolute atomic E-state index is 0.0174. The third-order valence-electron chi connectivity index (χ3n) is 11.9. The summed E-state index contributed by atoms with van der Waals surface area (Å²) in [5, 5.41) is 0. The smallest absolute Gasteiger partial charge is 0.212 e. The van der Waals surface area contributed by atoms with E-state index in [9.17, 15) is 67.3 Å². The monoisotopic (exact) mass is 1210 g/mol. The topological polar surface area (TPSA) is 286 Å². The van der Waals surface area contributed by atoms with E-state index in [-0.39, 0.29) is 90.1 Å². The Kier molecular flexibility index (Phi) is 24.7. The summed E-state index contributed by atoms with van der Waals surface area (Å²) in [6.07, 6.45) is 2.57. The van der Waals surface area contributed by atoms with Crippen LogP contribution in [0.1, 0.15) is 99.3 Å². The van der Waals surface area contributed by atoms with Gasteiger partial charge in [0.15, 0.2) is 0 Å². The summed E-state index contributed by atoms with van der Waals surface area (Å²) in [5.41, 5.74) is 1.74. The molecule has 28 heteroatoms. The predicted octanol–water partition coefficient (Wildman–Crippen LogP) is 5.57. The molecule has 0 fully saturated rings. The number of benzene rings is 4. The average molecular weight is 1220 g/mol. The highest BCUT2D eigenvalue weighted by atomic mass is 32.3. The Bertz CT molecular complexity index is 3150. The third-order valence-corrected chi connectivity index (χ3v) is 28.7. The minimum atomic E-state index is -4.48. The molecule has 4 aromatic rings. The van der Waals surface area contributed by atoms with E-state index in [0.717, 1.165) is 12.5 Å². The third kappa shape index (κ3) is 21.5. The lowest BCUT2D eigenvalue weighted by molar-refractivity contribution is 0.485. The first-order chi connectivity index (χ1) is 35.5. The number of sulfonamides is 8. The molecule has 0 aliphatic heterocycles. The van der Waals surface area contributed by atoms with Gasteiger partial charge in [0.2, 0.25) is 80.2 Å². The van der Waals surface area contributed by atoms with Crippen molar-refractivity contribution in [1.29, 1.82) is 0 Å². The lowest BCUT2D eigenvalue weighted by Gasteiger charge is -2.23. The highest BCUT2D eigenvalue weighted by molar-refractivity contribution is 8.05. The molecule has 426 valence electrons. The summed E-state index contributed by atoms with van der Waals surface area (Å²) in [6, 6.07) is 32.5. The van der Waals surface area contributed by atoms with Crippen LogP contribution in [-0.2, 0) is 106 Å². The molecule has 0 heterocycles. The Labute approximate surface area is 452 Å². The summed E-state index contributed by atoms with van der Waals surface area (Å²) < 4.78 is 214. The Balaban J connectivity index is 1.30. The number of nitrogens with zero attached hydrogens (tertiary/aromatic N) is 4. The SMILES string of the molecule is CS(=O)(=O)N(Cc1ccccc1)S(=O)(=O)CCCCCCS(=O)(=O)N(Cc1ccccc1)S(=O)(=O)CCCCCCS(=O)(=O)N(Cc1ccccc1)S(=O)(=O)CCCCCCS(=O)(=O)N(Cc1ccccc1)S(C)(=O)=O. The molecule has 76 heavy (non-hydrogen) atoms. The first-order valence-corrected chi connectivity index (χ1v) is 37.8. The Morgan fingerprint density at radius 3 is 0.566 bits per heavy atom. The van der Waals surface area contributed by atoms with Gasteiger partial charge in [-0.05, 0) is 60.8 Å². The molecule has 0 aliphatic carbocycles. The quantitative estimate of drug-likeness (QED) is 0.0499. The molecule has 0 saturated heterocycles. The van der Waals surface area contributed by atoms with E-state index in [1.165, 1.54) is 0 Å². The van der Waals surface area contributed by atoms with E-state index in [0.29, 0.717) is 37.1 Å². The van der Waals surface area contributed by atoms with Gasteiger partial charge in [-0.25, -0.2) is 67.3 Å². The maximum atomic E-state index is 13.8. The first kappa shape index (κ1) is 64.8. The maximum absolute atomic E-state index is 13.8. The number of hydrogen-bond acceptors (Lipinski definition) is 16. The van der Waals surface area contributed by atoms with E-state index in [1.807, 2.05) is 0 Å². The van der Waals surface area contributed by atoms with Crippen molar-refractivity contribution in [3.8, 4) is 0 Å². The van der Waals surface area contributed by atoms with Gasteiger partial charge < -0.3 is 0 Å². The molecule has 0 saturated carbocycles. The second-order valence-corrected chi connectivity index (χ2v) is 35.1. The fraction of sp³-hybridized carbons (Fsp3) is 0.500. The zero-order valence-corrected chi connectivity index (χ0v) is 49.2. The van der Waals surface area contributed by atoms with Gasteiger partial charge in [0.25, 0.3) is 0 Å². The fourth-order valence-corrected chi connectivity index (χ4v) is 22.8. The fourth-order valence-electron chi connectivity index (χ4n) is 7.89. The van der Waals surface area contributed by atoms with Gasteiger partial charge >= 0.3 is 0 Å². The van der Waals surface area contributed by atoms with Crippen molar-refractivity contribution in [3.05, 3.63) is 144 Å². The van der Waals surface area contributed by atoms with Crippen molar-refractivity contribution in [2.24, 2.45) is 0 Å². The predicted molar refractivity (Wildman–Crippen MR) is 296 cm³/mol. The van der Waals surface area contributed by atoms with Gasteiger partial charge in [0.1, 0.15) is 0 Å². The summed E-state index contributed by atoms with van der Waals surface area (Å²) in [4.78, 5) is 0. The second kappa shape index (κ2) is 29.0. The molecular weight excluding hydrogens is 1150 g/mol. The highest BCUT2D eigenvalue weighted by Crippen LogP contribution is 2.23. The van der Waals surface area contributed by atoms with Gasteiger partial charge in [0, 0.05) is 0 Å². The highest BCUT2D eigenvalue weighted by Gasteiger charge is 2.36. The normalized spacial score (nSPS) is 13.5. The molecule has 0 aromatic heterocycles. The van der Waals surface area contributed by atoms with Gasteiger partial charge in [0.05, 0.1) is 73.2 Å². The van der Waals surface area contributed by atoms with Crippen molar-refractivity contribution < 1.29 is 67.3 Å². The van der Waals surface area contributed by atoms with E-state index in [1.54, 1.807) is 121 Å². The zero-order valence-electron chi connectivity index (χ0n) is 42.7. The molecule has 0 atom stereocenters. The Morgan fingerprint density at radius 1 is 0.237 bits per heavy atom. The van der Waals surface area contributed by atoms with Crippen LogP contribution in [0.2, 0.25) is 0 Å². The van der Waals surface area contributed by atoms with Gasteiger partial charge in [-0.1, -0.05) is 175 Å². The van der Waals surface area contributed by atoms with E-state index in [4.69, 9.17) is 0 Å². The van der Waals surface area contributed by atoms with Crippen LogP contribution in [0.3, 0.4) is 0 Å². The van der Waals surface area contributed by atoms with Crippen LogP contribution in [0, 0.1) is 0 Å². The van der Waals surface area contributed by atoms with Gasteiger partial charge in [-0.2, -0.15) is 0 Å². The van der Waals surface area contributed by atoms with E-state index in [2.05, 4.69) is 0 Å². The molecule has 0 unspecified atom stereocenters. The molecule has 4 rings (SSSR count). The van der Waals surface area contributed by atoms with Crippen LogP contribution in [0.5, 0.6) is 0 Å². The maximum Gasteiger partial charge on any atom is 0.227 e. The Morgan fingerprint density at radius 2 is 0.395 bits per heavy atom. The van der Waals surface area contributed by atoms with E-state index < -0.39 is 128 Å². The first-order valence-electron chi connectivity index (χ1n) is 24.5. The summed E-state index contributed by atoms with van der Waals surface area (Å²) in [6.45, 7) is -1.74. The number of hydrogen-bond donors (Lipinski definition) is 0. The lowest BCUT2D eigenvalue weighted by atomic mass is 10.2. The molecule has 0 amide bonds.